The van der Waals surface area contributed by atoms with Crippen LogP contribution in [-0.4, -0.2) is 10.1 Å². The van der Waals surface area contributed by atoms with Crippen molar-refractivity contribution in [1.82, 2.24) is 10.1 Å². The molecule has 0 amide bonds. The molecule has 0 aliphatic carbocycles. The lowest BCUT2D eigenvalue weighted by atomic mass is 10.1. The lowest BCUT2D eigenvalue weighted by Crippen LogP contribution is -2.16. The summed E-state index contributed by atoms with van der Waals surface area (Å²) >= 11 is 0. The van der Waals surface area contributed by atoms with Gasteiger partial charge in [0.15, 0.2) is 11.6 Å². The van der Waals surface area contributed by atoms with Crippen molar-refractivity contribution in [3.63, 3.8) is 0 Å². The van der Waals surface area contributed by atoms with Gasteiger partial charge < -0.3 is 10.3 Å². The monoisotopic (exact) mass is 289 g/mol. The third-order valence-corrected chi connectivity index (χ3v) is 2.62. The van der Waals surface area contributed by atoms with Crippen LogP contribution >= 0.6 is 12.4 Å². The van der Waals surface area contributed by atoms with Crippen LogP contribution in [0.4, 0.5) is 8.78 Å². The Kier molecular flexibility index (Phi) is 4.97. The molecule has 0 fully saturated rings. The number of rotatable bonds is 3. The van der Waals surface area contributed by atoms with Gasteiger partial charge >= 0.3 is 0 Å². The lowest BCUT2D eigenvalue weighted by Gasteiger charge is -2.09. The second-order valence-electron chi connectivity index (χ2n) is 4.35. The van der Waals surface area contributed by atoms with Crippen LogP contribution in [-0.2, 0) is 0 Å². The van der Waals surface area contributed by atoms with E-state index in [1.54, 1.807) is 0 Å². The summed E-state index contributed by atoms with van der Waals surface area (Å²) in [7, 11) is 0. The molecule has 1 aromatic carbocycles. The Morgan fingerprint density at radius 2 is 1.89 bits per heavy atom. The standard InChI is InChI=1S/C12H13F2N3O.ClH/c1-6(2)10(15)12-16-11(17-18-12)7-3-4-8(13)9(14)5-7;/h3-6,10H,15H2,1-2H3;1H/t10-;/m0./s1. The third-order valence-electron chi connectivity index (χ3n) is 2.62. The molecule has 0 saturated carbocycles. The summed E-state index contributed by atoms with van der Waals surface area (Å²) in [5.41, 5.74) is 6.20. The van der Waals surface area contributed by atoms with Crippen molar-refractivity contribution < 1.29 is 13.3 Å². The van der Waals surface area contributed by atoms with E-state index in [1.165, 1.54) is 6.07 Å². The number of aromatic nitrogens is 2. The molecular formula is C12H14ClF2N3O. The van der Waals surface area contributed by atoms with Crippen LogP contribution in [0.1, 0.15) is 25.8 Å². The number of hydrogen-bond donors (Lipinski definition) is 1. The number of halogens is 3. The van der Waals surface area contributed by atoms with E-state index in [1.807, 2.05) is 13.8 Å². The zero-order valence-electron chi connectivity index (χ0n) is 10.4. The lowest BCUT2D eigenvalue weighted by molar-refractivity contribution is 0.325. The molecule has 0 unspecified atom stereocenters. The highest BCUT2D eigenvalue weighted by Crippen LogP contribution is 2.22. The molecule has 0 saturated heterocycles. The first kappa shape index (κ1) is 15.5. The number of nitrogens with two attached hydrogens (primary N) is 1. The summed E-state index contributed by atoms with van der Waals surface area (Å²) in [5.74, 6) is -1.25. The van der Waals surface area contributed by atoms with Gasteiger partial charge in [0.1, 0.15) is 0 Å². The minimum absolute atomic E-state index is 0. The Bertz CT molecular complexity index is 560. The first-order valence-corrected chi connectivity index (χ1v) is 5.53. The third kappa shape index (κ3) is 3.27. The summed E-state index contributed by atoms with van der Waals surface area (Å²) in [6, 6.07) is 3.04. The van der Waals surface area contributed by atoms with Crippen LogP contribution in [0, 0.1) is 17.6 Å². The summed E-state index contributed by atoms with van der Waals surface area (Å²) in [6.45, 7) is 3.85. The highest BCUT2D eigenvalue weighted by atomic mass is 35.5. The summed E-state index contributed by atoms with van der Waals surface area (Å²) in [5, 5.41) is 3.71. The van der Waals surface area contributed by atoms with E-state index in [-0.39, 0.29) is 36.1 Å². The van der Waals surface area contributed by atoms with Gasteiger partial charge in [-0.15, -0.1) is 12.4 Å². The molecule has 1 aromatic heterocycles. The van der Waals surface area contributed by atoms with Crippen LogP contribution < -0.4 is 5.73 Å². The van der Waals surface area contributed by atoms with Crippen molar-refractivity contribution >= 4 is 12.4 Å². The van der Waals surface area contributed by atoms with E-state index in [9.17, 15) is 8.78 Å². The molecule has 19 heavy (non-hydrogen) atoms. The van der Waals surface area contributed by atoms with Crippen molar-refractivity contribution in [2.24, 2.45) is 11.7 Å². The molecular weight excluding hydrogens is 276 g/mol. The first-order chi connectivity index (χ1) is 8.49. The molecule has 0 radical (unpaired) electrons. The van der Waals surface area contributed by atoms with Crippen molar-refractivity contribution in [3.8, 4) is 11.4 Å². The molecule has 7 heteroatoms. The average molecular weight is 290 g/mol. The Balaban J connectivity index is 0.00000180. The van der Waals surface area contributed by atoms with Gasteiger partial charge in [-0.2, -0.15) is 4.98 Å². The van der Waals surface area contributed by atoms with Crippen molar-refractivity contribution in [2.45, 2.75) is 19.9 Å². The Hall–Kier alpha value is -1.53. The number of nitrogens with zero attached hydrogens (tertiary/aromatic N) is 2. The van der Waals surface area contributed by atoms with Gasteiger partial charge in [-0.1, -0.05) is 19.0 Å². The summed E-state index contributed by atoms with van der Waals surface area (Å²) in [6.07, 6.45) is 0. The van der Waals surface area contributed by atoms with Gasteiger partial charge in [0.2, 0.25) is 11.7 Å². The Morgan fingerprint density at radius 1 is 1.21 bits per heavy atom. The van der Waals surface area contributed by atoms with Gasteiger partial charge in [-0.05, 0) is 24.1 Å². The fourth-order valence-corrected chi connectivity index (χ4v) is 1.41. The molecule has 104 valence electrons. The van der Waals surface area contributed by atoms with Gasteiger partial charge in [-0.25, -0.2) is 8.78 Å². The fourth-order valence-electron chi connectivity index (χ4n) is 1.41. The van der Waals surface area contributed by atoms with E-state index in [4.69, 9.17) is 10.3 Å². The first-order valence-electron chi connectivity index (χ1n) is 5.53. The molecule has 1 atom stereocenters. The van der Waals surface area contributed by atoms with Crippen LogP contribution in [0.25, 0.3) is 11.4 Å². The zero-order chi connectivity index (χ0) is 13.3. The van der Waals surface area contributed by atoms with Gasteiger partial charge in [0, 0.05) is 5.56 Å². The number of benzene rings is 1. The maximum absolute atomic E-state index is 13.1. The van der Waals surface area contributed by atoms with E-state index < -0.39 is 11.6 Å². The maximum atomic E-state index is 13.1. The van der Waals surface area contributed by atoms with Crippen LogP contribution in [0.5, 0.6) is 0 Å². The highest BCUT2D eigenvalue weighted by molar-refractivity contribution is 5.85. The molecule has 0 bridgehead atoms. The van der Waals surface area contributed by atoms with Gasteiger partial charge in [0.25, 0.3) is 0 Å². The average Bonchev–Trinajstić information content (AvgIpc) is 2.81. The molecule has 1 heterocycles. The number of hydrogen-bond acceptors (Lipinski definition) is 4. The predicted octanol–water partition coefficient (Wildman–Crippen LogP) is 3.09. The molecule has 0 spiro atoms. The van der Waals surface area contributed by atoms with Crippen LogP contribution in [0.2, 0.25) is 0 Å². The Morgan fingerprint density at radius 3 is 2.47 bits per heavy atom. The molecule has 4 nitrogen and oxygen atoms in total. The maximum Gasteiger partial charge on any atom is 0.244 e. The predicted molar refractivity (Wildman–Crippen MR) is 68.7 cm³/mol. The molecule has 0 aliphatic rings. The van der Waals surface area contributed by atoms with Gasteiger partial charge in [0.05, 0.1) is 6.04 Å². The van der Waals surface area contributed by atoms with E-state index in [2.05, 4.69) is 10.1 Å². The van der Waals surface area contributed by atoms with Crippen LogP contribution in [0.15, 0.2) is 22.7 Å². The quantitative estimate of drug-likeness (QED) is 0.943. The van der Waals surface area contributed by atoms with Crippen molar-refractivity contribution in [3.05, 3.63) is 35.7 Å². The largest absolute Gasteiger partial charge is 0.337 e. The van der Waals surface area contributed by atoms with Crippen molar-refractivity contribution in [2.75, 3.05) is 0 Å². The smallest absolute Gasteiger partial charge is 0.244 e. The topological polar surface area (TPSA) is 64.9 Å². The van der Waals surface area contributed by atoms with E-state index in [0.29, 0.717) is 5.56 Å². The SMILES string of the molecule is CC(C)[C@H](N)c1nc(-c2ccc(F)c(F)c2)no1.Cl. The molecule has 2 aromatic rings. The van der Waals surface area contributed by atoms with E-state index in [0.717, 1.165) is 12.1 Å². The fraction of sp³-hybridized carbons (Fsp3) is 0.333. The second kappa shape index (κ2) is 6.08. The van der Waals surface area contributed by atoms with Gasteiger partial charge in [-0.3, -0.25) is 0 Å². The second-order valence-corrected chi connectivity index (χ2v) is 4.35. The minimum Gasteiger partial charge on any atom is -0.337 e. The zero-order valence-corrected chi connectivity index (χ0v) is 11.2. The van der Waals surface area contributed by atoms with Crippen LogP contribution in [0.3, 0.4) is 0 Å². The van der Waals surface area contributed by atoms with Crippen molar-refractivity contribution in [1.29, 1.82) is 0 Å². The van der Waals surface area contributed by atoms with E-state index >= 15 is 0 Å². The normalized spacial score (nSPS) is 12.3. The minimum atomic E-state index is -0.952. The summed E-state index contributed by atoms with van der Waals surface area (Å²) in [4.78, 5) is 4.08. The molecule has 0 aliphatic heterocycles. The highest BCUT2D eigenvalue weighted by Gasteiger charge is 2.19. The molecule has 2 rings (SSSR count). The summed E-state index contributed by atoms with van der Waals surface area (Å²) < 4.78 is 30.9. The molecule has 2 N–H and O–H groups in total. The Labute approximate surface area is 115 Å².